The monoisotopic (exact) mass is 966 g/mol. The van der Waals surface area contributed by atoms with Crippen molar-refractivity contribution in [2.45, 2.75) is 87.0 Å². The van der Waals surface area contributed by atoms with Crippen LogP contribution in [0.2, 0.25) is 0 Å². The second-order valence-electron chi connectivity index (χ2n) is 15.7. The van der Waals surface area contributed by atoms with Gasteiger partial charge in [-0.1, -0.05) is 48.0 Å². The van der Waals surface area contributed by atoms with E-state index in [4.69, 9.17) is 5.73 Å². The van der Waals surface area contributed by atoms with E-state index in [1.54, 1.807) is 37.4 Å². The topological polar surface area (TPSA) is 354 Å². The molecule has 0 saturated heterocycles. The molecule has 68 heavy (non-hydrogen) atoms. The lowest BCUT2D eigenvalue weighted by Crippen LogP contribution is -2.58. The number of benzene rings is 3. The molecule has 0 aliphatic heterocycles. The molecule has 4 rings (SSSR count). The Bertz CT molecular complexity index is 2640. The summed E-state index contributed by atoms with van der Waals surface area (Å²) >= 11 is 0. The maximum absolute atomic E-state index is 14.4. The van der Waals surface area contributed by atoms with Crippen molar-refractivity contribution in [3.8, 4) is 0 Å². The van der Waals surface area contributed by atoms with E-state index in [1.165, 1.54) is 43.4 Å². The molecule has 0 radical (unpaired) electrons. The van der Waals surface area contributed by atoms with E-state index in [-0.39, 0.29) is 23.3 Å². The van der Waals surface area contributed by atoms with Gasteiger partial charge in [0.15, 0.2) is 0 Å². The Labute approximate surface area is 388 Å². The summed E-state index contributed by atoms with van der Waals surface area (Å²) in [5.41, 5.74) is 7.66. The number of H-pyrrole nitrogens is 1. The van der Waals surface area contributed by atoms with Crippen LogP contribution in [0.15, 0.2) is 83.9 Å². The van der Waals surface area contributed by atoms with Gasteiger partial charge in [-0.3, -0.25) is 43.2 Å². The van der Waals surface area contributed by atoms with Crippen molar-refractivity contribution in [1.29, 1.82) is 0 Å². The van der Waals surface area contributed by atoms with Crippen LogP contribution in [0.25, 0.3) is 10.9 Å². The number of amides is 6. The molecule has 11 N–H and O–H groups in total. The number of aliphatic carboxylic acids is 3. The second-order valence-corrected chi connectivity index (χ2v) is 17.4. The standard InChI is InChI=1S/C44H51FN8O14S/c1-24-10-12-28(13-11-24)68(66,67)52-33(21-39(59)60)43(64)50-31(14-16-37(55)56)41(62)48-23-36(54)49-32(19-25-6-5-7-27(45)18-25)42(63)51-34(20-26-22-47-30-9-4-3-8-29(26)30)44(65)53(2)35(40(46)61)15-17-38(57)58/h3-13,18,22,31-35,47,52H,14-17,19-21,23H2,1-2H3,(H2,46,61)(H,48,62)(H,49,54)(H,50,64)(H,51,63)(H,55,56)(H,57,58)(H,59,60)/t31-,32-,33+,34-,35-/m0/s1. The van der Waals surface area contributed by atoms with E-state index in [0.717, 1.165) is 17.0 Å². The number of aryl methyl sites for hydroxylation is 1. The molecule has 1 aromatic heterocycles. The summed E-state index contributed by atoms with van der Waals surface area (Å²) in [4.78, 5) is 119. The average molecular weight is 967 g/mol. The number of aromatic nitrogens is 1. The molecule has 3 aromatic carbocycles. The molecular weight excluding hydrogens is 916 g/mol. The summed E-state index contributed by atoms with van der Waals surface area (Å²) in [5.74, 6) is -11.4. The van der Waals surface area contributed by atoms with Gasteiger partial charge in [0.2, 0.25) is 45.5 Å². The smallest absolute Gasteiger partial charge is 0.305 e. The minimum Gasteiger partial charge on any atom is -0.481 e. The number of halogens is 1. The van der Waals surface area contributed by atoms with Gasteiger partial charge in [0.25, 0.3) is 0 Å². The molecule has 0 bridgehead atoms. The van der Waals surface area contributed by atoms with Crippen LogP contribution >= 0.6 is 0 Å². The largest absolute Gasteiger partial charge is 0.481 e. The van der Waals surface area contributed by atoms with Gasteiger partial charge in [-0.25, -0.2) is 12.8 Å². The average Bonchev–Trinajstić information content (AvgIpc) is 3.68. The molecule has 22 nitrogen and oxygen atoms in total. The highest BCUT2D eigenvalue weighted by Gasteiger charge is 2.35. The van der Waals surface area contributed by atoms with E-state index in [1.807, 2.05) is 4.72 Å². The van der Waals surface area contributed by atoms with Crippen molar-refractivity contribution >= 4 is 74.3 Å². The molecule has 5 atom stereocenters. The fourth-order valence-corrected chi connectivity index (χ4v) is 8.16. The maximum Gasteiger partial charge on any atom is 0.305 e. The van der Waals surface area contributed by atoms with Crippen LogP contribution in [0, 0.1) is 12.7 Å². The zero-order valence-electron chi connectivity index (χ0n) is 36.7. The first kappa shape index (κ1) is 52.9. The van der Waals surface area contributed by atoms with Crippen molar-refractivity contribution in [3.63, 3.8) is 0 Å². The van der Waals surface area contributed by atoms with Gasteiger partial charge in [0.05, 0.1) is 17.9 Å². The molecule has 4 aromatic rings. The van der Waals surface area contributed by atoms with Crippen LogP contribution in [-0.4, -0.2) is 131 Å². The molecule has 1 heterocycles. The minimum atomic E-state index is -4.50. The zero-order valence-corrected chi connectivity index (χ0v) is 37.5. The van der Waals surface area contributed by atoms with Gasteiger partial charge >= 0.3 is 17.9 Å². The summed E-state index contributed by atoms with van der Waals surface area (Å²) in [7, 11) is -3.30. The molecule has 24 heteroatoms. The third-order valence-electron chi connectivity index (χ3n) is 10.5. The van der Waals surface area contributed by atoms with E-state index in [0.29, 0.717) is 22.0 Å². The van der Waals surface area contributed by atoms with Gasteiger partial charge in [-0.15, -0.1) is 0 Å². The van der Waals surface area contributed by atoms with Crippen LogP contribution in [0.5, 0.6) is 0 Å². The lowest BCUT2D eigenvalue weighted by molar-refractivity contribution is -0.143. The summed E-state index contributed by atoms with van der Waals surface area (Å²) in [6.45, 7) is 0.750. The lowest BCUT2D eigenvalue weighted by atomic mass is 10.0. The number of nitrogens with zero attached hydrogens (tertiary/aromatic N) is 1. The third kappa shape index (κ3) is 15.7. The number of hydrogen-bond donors (Lipinski definition) is 10. The number of rotatable bonds is 26. The molecule has 364 valence electrons. The molecular formula is C44H51FN8O14S. The van der Waals surface area contributed by atoms with E-state index in [9.17, 15) is 71.3 Å². The van der Waals surface area contributed by atoms with Crippen LogP contribution in [0.1, 0.15) is 48.8 Å². The number of carboxylic acid groups (broad SMARTS) is 3. The number of carbonyl (C=O) groups excluding carboxylic acids is 6. The number of likely N-dealkylation sites (N-methyl/N-ethyl adjacent to an activating group) is 1. The summed E-state index contributed by atoms with van der Waals surface area (Å²) in [5, 5.41) is 38.1. The molecule has 0 saturated carbocycles. The first-order valence-electron chi connectivity index (χ1n) is 20.8. The van der Waals surface area contributed by atoms with Crippen molar-refractivity contribution in [2.24, 2.45) is 5.73 Å². The van der Waals surface area contributed by atoms with Crippen LogP contribution in [0.4, 0.5) is 4.39 Å². The number of nitrogens with one attached hydrogen (secondary N) is 6. The lowest BCUT2D eigenvalue weighted by Gasteiger charge is -2.30. The number of carboxylic acids is 3. The van der Waals surface area contributed by atoms with E-state index in [2.05, 4.69) is 26.3 Å². The molecule has 0 aliphatic carbocycles. The van der Waals surface area contributed by atoms with Crippen molar-refractivity contribution in [2.75, 3.05) is 13.6 Å². The van der Waals surface area contributed by atoms with Gasteiger partial charge < -0.3 is 52.2 Å². The summed E-state index contributed by atoms with van der Waals surface area (Å²) in [6, 6.07) is 9.02. The fourth-order valence-electron chi connectivity index (χ4n) is 6.97. The SMILES string of the molecule is Cc1ccc(S(=O)(=O)N[C@H](CC(=O)O)C(=O)N[C@@H](CCC(=O)O)C(=O)NCC(=O)N[C@@H](Cc2cccc(F)c2)C(=O)N[C@@H](Cc2c[nH]c3ccccc23)C(=O)N(C)[C@@H](CCC(=O)O)C(N)=O)cc1. The van der Waals surface area contributed by atoms with E-state index >= 15 is 0 Å². The van der Waals surface area contributed by atoms with Gasteiger partial charge in [-0.2, -0.15) is 4.72 Å². The summed E-state index contributed by atoms with van der Waals surface area (Å²) in [6.07, 6.45) is -2.34. The molecule has 0 aliphatic rings. The number of primary amides is 1. The highest BCUT2D eigenvalue weighted by atomic mass is 32.2. The van der Waals surface area contributed by atoms with Gasteiger partial charge in [-0.05, 0) is 61.2 Å². The molecule has 0 unspecified atom stereocenters. The fraction of sp³-hybridized carbons (Fsp3) is 0.341. The number of fused-ring (bicyclic) bond motifs is 1. The van der Waals surface area contributed by atoms with E-state index < -0.39 is 138 Å². The Kier molecular flexibility index (Phi) is 18.8. The quantitative estimate of drug-likeness (QED) is 0.0391. The molecule has 6 amide bonds. The number of hydrogen-bond acceptors (Lipinski definition) is 11. The third-order valence-corrected chi connectivity index (χ3v) is 12.0. The Morgan fingerprint density at radius 1 is 0.735 bits per heavy atom. The number of carbonyl (C=O) groups is 9. The first-order chi connectivity index (χ1) is 32.0. The Hall–Kier alpha value is -7.73. The normalized spacial score (nSPS) is 13.5. The maximum atomic E-state index is 14.4. The first-order valence-corrected chi connectivity index (χ1v) is 22.3. The Morgan fingerprint density at radius 2 is 1.37 bits per heavy atom. The Morgan fingerprint density at radius 3 is 2.00 bits per heavy atom. The van der Waals surface area contributed by atoms with Gasteiger partial charge in [0, 0.05) is 49.8 Å². The van der Waals surface area contributed by atoms with Crippen molar-refractivity contribution in [3.05, 3.63) is 102 Å². The zero-order chi connectivity index (χ0) is 50.3. The molecule has 0 fully saturated rings. The van der Waals surface area contributed by atoms with Crippen LogP contribution in [-0.2, 0) is 66.0 Å². The predicted octanol–water partition coefficient (Wildman–Crippen LogP) is -0.165. The number of sulfonamides is 1. The van der Waals surface area contributed by atoms with Crippen molar-refractivity contribution in [1.82, 2.24) is 35.9 Å². The highest BCUT2D eigenvalue weighted by Crippen LogP contribution is 2.21. The van der Waals surface area contributed by atoms with Crippen LogP contribution < -0.4 is 31.7 Å². The van der Waals surface area contributed by atoms with Gasteiger partial charge in [0.1, 0.15) is 36.0 Å². The van der Waals surface area contributed by atoms with Crippen LogP contribution in [0.3, 0.4) is 0 Å². The number of para-hydroxylation sites is 1. The van der Waals surface area contributed by atoms with Crippen molar-refractivity contribution < 1.29 is 71.3 Å². The number of aromatic amines is 1. The summed E-state index contributed by atoms with van der Waals surface area (Å²) < 4.78 is 42.5. The number of nitrogens with two attached hydrogens (primary N) is 1. The highest BCUT2D eigenvalue weighted by molar-refractivity contribution is 7.89. The Balaban J connectivity index is 1.57. The minimum absolute atomic E-state index is 0.193. The second kappa shape index (κ2) is 24.2. The predicted molar refractivity (Wildman–Crippen MR) is 238 cm³/mol. The molecule has 0 spiro atoms.